The third-order valence-electron chi connectivity index (χ3n) is 3.76. The zero-order valence-electron chi connectivity index (χ0n) is 13.0. The zero-order valence-corrected chi connectivity index (χ0v) is 13.8. The van der Waals surface area contributed by atoms with E-state index in [1.165, 1.54) is 12.1 Å². The minimum absolute atomic E-state index is 0.0238. The zero-order chi connectivity index (χ0) is 17.6. The fraction of sp³-hybridized carbons (Fsp3) is 0.176. The van der Waals surface area contributed by atoms with E-state index in [2.05, 4.69) is 5.32 Å². The van der Waals surface area contributed by atoms with Crippen molar-refractivity contribution >= 4 is 27.4 Å². The molecule has 7 heteroatoms. The maximum Gasteiger partial charge on any atom is 0.294 e. The molecule has 0 saturated carbocycles. The molecule has 0 aromatic heterocycles. The van der Waals surface area contributed by atoms with Crippen LogP contribution in [0.2, 0.25) is 0 Å². The minimum atomic E-state index is -4.45. The van der Waals surface area contributed by atoms with Crippen molar-refractivity contribution in [2.24, 2.45) is 0 Å². The van der Waals surface area contributed by atoms with E-state index in [1.54, 1.807) is 12.1 Å². The highest BCUT2D eigenvalue weighted by molar-refractivity contribution is 7.85. The summed E-state index contributed by atoms with van der Waals surface area (Å²) in [6.45, 7) is 3.84. The molecule has 0 saturated heterocycles. The molecule has 1 aliphatic carbocycles. The molecule has 0 atom stereocenters. The number of fused-ring (bicyclic) bond motifs is 2. The van der Waals surface area contributed by atoms with Crippen LogP contribution < -0.4 is 5.32 Å². The van der Waals surface area contributed by atoms with E-state index in [9.17, 15) is 18.0 Å². The summed E-state index contributed by atoms with van der Waals surface area (Å²) >= 11 is 0. The lowest BCUT2D eigenvalue weighted by Gasteiger charge is -2.22. The highest BCUT2D eigenvalue weighted by Crippen LogP contribution is 2.33. The molecular formula is C17H15NO5S. The number of carbonyl (C=O) groups is 2. The van der Waals surface area contributed by atoms with Gasteiger partial charge in [0.05, 0.1) is 10.5 Å². The van der Waals surface area contributed by atoms with Gasteiger partial charge in [0.1, 0.15) is 0 Å². The van der Waals surface area contributed by atoms with Crippen LogP contribution in [0.4, 0.5) is 5.69 Å². The highest BCUT2D eigenvalue weighted by atomic mass is 32.2. The van der Waals surface area contributed by atoms with E-state index in [0.29, 0.717) is 5.69 Å². The molecule has 0 amide bonds. The highest BCUT2D eigenvalue weighted by Gasteiger charge is 2.32. The Kier molecular flexibility index (Phi) is 3.77. The van der Waals surface area contributed by atoms with E-state index < -0.39 is 20.8 Å². The second kappa shape index (κ2) is 5.54. The van der Waals surface area contributed by atoms with Crippen LogP contribution in [0.25, 0.3) is 0 Å². The van der Waals surface area contributed by atoms with Gasteiger partial charge in [-0.25, -0.2) is 0 Å². The van der Waals surface area contributed by atoms with Crippen molar-refractivity contribution in [1.29, 1.82) is 0 Å². The molecule has 124 valence electrons. The minimum Gasteiger partial charge on any atom is -0.382 e. The van der Waals surface area contributed by atoms with E-state index in [0.717, 1.165) is 12.1 Å². The van der Waals surface area contributed by atoms with E-state index in [4.69, 9.17) is 4.55 Å². The SMILES string of the molecule is CC(C)Nc1cccc2c1C(=O)c1ccc(S(=O)(=O)O)cc1C2=O. The molecule has 0 bridgehead atoms. The van der Waals surface area contributed by atoms with Gasteiger partial charge in [0, 0.05) is 28.4 Å². The second-order valence-corrected chi connectivity index (χ2v) is 7.29. The summed E-state index contributed by atoms with van der Waals surface area (Å²) in [7, 11) is -4.45. The third kappa shape index (κ3) is 2.61. The van der Waals surface area contributed by atoms with E-state index in [1.807, 2.05) is 13.8 Å². The molecule has 2 aromatic carbocycles. The van der Waals surface area contributed by atoms with E-state index >= 15 is 0 Å². The first-order valence-corrected chi connectivity index (χ1v) is 8.74. The summed E-state index contributed by atoms with van der Waals surface area (Å²) in [6.07, 6.45) is 0. The van der Waals surface area contributed by atoms with Gasteiger partial charge in [-0.15, -0.1) is 0 Å². The summed E-state index contributed by atoms with van der Waals surface area (Å²) in [6, 6.07) is 8.40. The van der Waals surface area contributed by atoms with Crippen LogP contribution in [-0.2, 0) is 10.1 Å². The van der Waals surface area contributed by atoms with Crippen molar-refractivity contribution in [2.75, 3.05) is 5.32 Å². The normalized spacial score (nSPS) is 13.7. The monoisotopic (exact) mass is 345 g/mol. The van der Waals surface area contributed by atoms with Gasteiger partial charge in [0.25, 0.3) is 10.1 Å². The Morgan fingerprint density at radius 3 is 2.29 bits per heavy atom. The Balaban J connectivity index is 2.22. The van der Waals surface area contributed by atoms with Crippen molar-refractivity contribution < 1.29 is 22.6 Å². The Hall–Kier alpha value is -2.51. The predicted octanol–water partition coefficient (Wildman–Crippen LogP) is 2.53. The number of anilines is 1. The predicted molar refractivity (Wildman–Crippen MR) is 88.3 cm³/mol. The molecule has 24 heavy (non-hydrogen) atoms. The molecule has 0 aliphatic heterocycles. The van der Waals surface area contributed by atoms with Gasteiger partial charge in [-0.2, -0.15) is 8.42 Å². The summed E-state index contributed by atoms with van der Waals surface area (Å²) in [4.78, 5) is 25.1. The lowest BCUT2D eigenvalue weighted by atomic mass is 9.83. The number of carbonyl (C=O) groups excluding carboxylic acids is 2. The maximum atomic E-state index is 12.8. The van der Waals surface area contributed by atoms with Crippen molar-refractivity contribution in [3.05, 3.63) is 58.7 Å². The molecule has 0 heterocycles. The molecule has 1 aliphatic rings. The van der Waals surface area contributed by atoms with Crippen LogP contribution in [0.1, 0.15) is 45.7 Å². The summed E-state index contributed by atoms with van der Waals surface area (Å²) in [5.74, 6) is -0.803. The molecule has 0 spiro atoms. The Morgan fingerprint density at radius 2 is 1.67 bits per heavy atom. The second-order valence-electron chi connectivity index (χ2n) is 5.87. The van der Waals surface area contributed by atoms with Crippen LogP contribution >= 0.6 is 0 Å². The molecule has 6 nitrogen and oxygen atoms in total. The number of hydrogen-bond donors (Lipinski definition) is 2. The Bertz CT molecular complexity index is 976. The molecule has 2 aromatic rings. The van der Waals surface area contributed by atoms with Crippen molar-refractivity contribution in [3.63, 3.8) is 0 Å². The van der Waals surface area contributed by atoms with Gasteiger partial charge in [-0.05, 0) is 38.1 Å². The topological polar surface area (TPSA) is 101 Å². The first kappa shape index (κ1) is 16.4. The number of hydrogen-bond acceptors (Lipinski definition) is 5. The molecule has 0 fully saturated rings. The van der Waals surface area contributed by atoms with Crippen LogP contribution in [0.15, 0.2) is 41.3 Å². The first-order chi connectivity index (χ1) is 11.2. The standard InChI is InChI=1S/C17H15NO5S/c1-9(2)18-14-5-3-4-12-15(14)17(20)11-7-6-10(24(21,22)23)8-13(11)16(12)19/h3-9,18H,1-2H3,(H,21,22,23). The molecule has 0 radical (unpaired) electrons. The summed E-state index contributed by atoms with van der Waals surface area (Å²) in [5, 5.41) is 3.14. The van der Waals surface area contributed by atoms with Gasteiger partial charge in [-0.3, -0.25) is 14.1 Å². The van der Waals surface area contributed by atoms with Crippen molar-refractivity contribution in [3.8, 4) is 0 Å². The summed E-state index contributed by atoms with van der Waals surface area (Å²) < 4.78 is 31.7. The van der Waals surface area contributed by atoms with Gasteiger partial charge in [0.2, 0.25) is 0 Å². The Morgan fingerprint density at radius 1 is 0.958 bits per heavy atom. The molecule has 2 N–H and O–H groups in total. The van der Waals surface area contributed by atoms with Crippen molar-refractivity contribution in [1.82, 2.24) is 0 Å². The number of benzene rings is 2. The Labute approximate surface area is 139 Å². The number of rotatable bonds is 3. The first-order valence-electron chi connectivity index (χ1n) is 7.30. The van der Waals surface area contributed by atoms with Crippen molar-refractivity contribution in [2.45, 2.75) is 24.8 Å². The lowest BCUT2D eigenvalue weighted by molar-refractivity contribution is 0.0979. The molecule has 0 unspecified atom stereocenters. The fourth-order valence-corrected chi connectivity index (χ4v) is 3.27. The van der Waals surface area contributed by atoms with Gasteiger partial charge in [0.15, 0.2) is 11.6 Å². The number of ketones is 2. The average Bonchev–Trinajstić information content (AvgIpc) is 2.50. The smallest absolute Gasteiger partial charge is 0.294 e. The third-order valence-corrected chi connectivity index (χ3v) is 4.61. The number of nitrogens with one attached hydrogen (secondary N) is 1. The fourth-order valence-electron chi connectivity index (χ4n) is 2.77. The van der Waals surface area contributed by atoms with Gasteiger partial charge in [-0.1, -0.05) is 12.1 Å². The van der Waals surface area contributed by atoms with E-state index in [-0.39, 0.29) is 34.1 Å². The molecular weight excluding hydrogens is 330 g/mol. The summed E-state index contributed by atoms with van der Waals surface area (Å²) in [5.41, 5.74) is 1.15. The largest absolute Gasteiger partial charge is 0.382 e. The quantitative estimate of drug-likeness (QED) is 0.708. The lowest BCUT2D eigenvalue weighted by Crippen LogP contribution is -2.24. The van der Waals surface area contributed by atoms with Crippen LogP contribution in [-0.4, -0.2) is 30.6 Å². The van der Waals surface area contributed by atoms with Gasteiger partial charge < -0.3 is 5.32 Å². The van der Waals surface area contributed by atoms with Crippen LogP contribution in [0, 0.1) is 0 Å². The maximum absolute atomic E-state index is 12.8. The van der Waals surface area contributed by atoms with Crippen LogP contribution in [0.5, 0.6) is 0 Å². The molecule has 3 rings (SSSR count). The van der Waals surface area contributed by atoms with Gasteiger partial charge >= 0.3 is 0 Å². The van der Waals surface area contributed by atoms with Crippen LogP contribution in [0.3, 0.4) is 0 Å². The average molecular weight is 345 g/mol.